The Labute approximate surface area is 95.5 Å². The summed E-state index contributed by atoms with van der Waals surface area (Å²) in [7, 11) is 0. The normalized spacial score (nSPS) is 10.2. The zero-order valence-corrected chi connectivity index (χ0v) is 9.53. The fourth-order valence-electron chi connectivity index (χ4n) is 1.13. The van der Waals surface area contributed by atoms with Gasteiger partial charge in [-0.3, -0.25) is 0 Å². The van der Waals surface area contributed by atoms with Gasteiger partial charge in [-0.1, -0.05) is 0 Å². The van der Waals surface area contributed by atoms with Gasteiger partial charge in [0.1, 0.15) is 0 Å². The smallest absolute Gasteiger partial charge is 0.222 e. The lowest BCUT2D eigenvalue weighted by atomic mass is 10.3. The summed E-state index contributed by atoms with van der Waals surface area (Å²) in [5.41, 5.74) is 1.10. The monoisotopic (exact) mass is 267 g/mol. The fourth-order valence-corrected chi connectivity index (χ4v) is 1.34. The second-order valence-electron chi connectivity index (χ2n) is 2.98. The Morgan fingerprint density at radius 3 is 2.73 bits per heavy atom. The summed E-state index contributed by atoms with van der Waals surface area (Å²) in [4.78, 5) is 15.2. The Morgan fingerprint density at radius 2 is 2.07 bits per heavy atom. The number of anilines is 1. The zero-order chi connectivity index (χ0) is 10.5. The Morgan fingerprint density at radius 1 is 1.27 bits per heavy atom. The molecule has 2 rings (SSSR count). The molecule has 0 saturated heterocycles. The summed E-state index contributed by atoms with van der Waals surface area (Å²) < 4.78 is 0.876. The van der Waals surface area contributed by atoms with Crippen molar-refractivity contribution in [3.63, 3.8) is 0 Å². The lowest BCUT2D eigenvalue weighted by Gasteiger charge is -2.02. The number of H-pyrrole nitrogens is 1. The first-order chi connectivity index (χ1) is 7.34. The molecule has 0 unspecified atom stereocenters. The van der Waals surface area contributed by atoms with Gasteiger partial charge in [-0.15, -0.1) is 0 Å². The highest BCUT2D eigenvalue weighted by Crippen LogP contribution is 2.06. The van der Waals surface area contributed by atoms with Gasteiger partial charge >= 0.3 is 0 Å². The minimum Gasteiger partial charge on any atom is -0.354 e. The SMILES string of the molecule is Brc1cnc(NCCc2cnc[nH]2)nc1. The molecule has 78 valence electrons. The van der Waals surface area contributed by atoms with E-state index < -0.39 is 0 Å². The number of imidazole rings is 1. The molecule has 0 aromatic carbocycles. The average molecular weight is 268 g/mol. The van der Waals surface area contributed by atoms with Gasteiger partial charge in [-0.25, -0.2) is 15.0 Å². The molecule has 2 heterocycles. The van der Waals surface area contributed by atoms with Crippen LogP contribution >= 0.6 is 15.9 Å². The molecule has 0 aliphatic rings. The number of hydrogen-bond donors (Lipinski definition) is 2. The van der Waals surface area contributed by atoms with Gasteiger partial charge in [-0.2, -0.15) is 0 Å². The number of hydrogen-bond acceptors (Lipinski definition) is 4. The highest BCUT2D eigenvalue weighted by Gasteiger charge is 1.96. The molecule has 0 saturated carbocycles. The van der Waals surface area contributed by atoms with Crippen LogP contribution in [0.5, 0.6) is 0 Å². The van der Waals surface area contributed by atoms with Crippen LogP contribution in [-0.4, -0.2) is 26.5 Å². The summed E-state index contributed by atoms with van der Waals surface area (Å²) in [5.74, 6) is 0.637. The second-order valence-corrected chi connectivity index (χ2v) is 3.89. The van der Waals surface area contributed by atoms with E-state index in [4.69, 9.17) is 0 Å². The van der Waals surface area contributed by atoms with Gasteiger partial charge in [0.25, 0.3) is 0 Å². The largest absolute Gasteiger partial charge is 0.354 e. The van der Waals surface area contributed by atoms with Crippen LogP contribution < -0.4 is 5.32 Å². The van der Waals surface area contributed by atoms with Crippen LogP contribution in [0.1, 0.15) is 5.69 Å². The zero-order valence-electron chi connectivity index (χ0n) is 7.94. The summed E-state index contributed by atoms with van der Waals surface area (Å²) in [5, 5.41) is 3.12. The molecule has 0 atom stereocenters. The van der Waals surface area contributed by atoms with Crippen LogP contribution in [-0.2, 0) is 6.42 Å². The van der Waals surface area contributed by atoms with Gasteiger partial charge in [-0.05, 0) is 15.9 Å². The molecular weight excluding hydrogens is 258 g/mol. The van der Waals surface area contributed by atoms with Crippen molar-refractivity contribution in [1.29, 1.82) is 0 Å². The Hall–Kier alpha value is -1.43. The van der Waals surface area contributed by atoms with Crippen molar-refractivity contribution in [1.82, 2.24) is 19.9 Å². The third-order valence-corrected chi connectivity index (χ3v) is 2.26. The molecule has 0 aliphatic carbocycles. The van der Waals surface area contributed by atoms with E-state index in [0.717, 1.165) is 23.1 Å². The van der Waals surface area contributed by atoms with E-state index >= 15 is 0 Å². The van der Waals surface area contributed by atoms with E-state index in [1.54, 1.807) is 18.7 Å². The third kappa shape index (κ3) is 3.02. The van der Waals surface area contributed by atoms with Gasteiger partial charge in [0.05, 0.1) is 10.8 Å². The number of nitrogens with one attached hydrogen (secondary N) is 2. The minimum absolute atomic E-state index is 0.637. The molecule has 6 heteroatoms. The lowest BCUT2D eigenvalue weighted by Crippen LogP contribution is -2.07. The molecule has 2 aromatic rings. The van der Waals surface area contributed by atoms with Crippen molar-refractivity contribution in [2.24, 2.45) is 0 Å². The first-order valence-electron chi connectivity index (χ1n) is 4.53. The lowest BCUT2D eigenvalue weighted by molar-refractivity contribution is 0.951. The van der Waals surface area contributed by atoms with Gasteiger partial charge in [0.15, 0.2) is 0 Å². The first-order valence-corrected chi connectivity index (χ1v) is 5.32. The van der Waals surface area contributed by atoms with Crippen LogP contribution in [0.15, 0.2) is 29.4 Å². The van der Waals surface area contributed by atoms with Crippen molar-refractivity contribution in [2.45, 2.75) is 6.42 Å². The van der Waals surface area contributed by atoms with Crippen LogP contribution in [0.3, 0.4) is 0 Å². The number of halogens is 1. The van der Waals surface area contributed by atoms with Crippen molar-refractivity contribution in [2.75, 3.05) is 11.9 Å². The average Bonchev–Trinajstić information content (AvgIpc) is 2.74. The van der Waals surface area contributed by atoms with Crippen LogP contribution in [0.4, 0.5) is 5.95 Å². The van der Waals surface area contributed by atoms with Crippen molar-refractivity contribution >= 4 is 21.9 Å². The molecular formula is C9H10BrN5. The van der Waals surface area contributed by atoms with E-state index in [1.165, 1.54) is 0 Å². The molecule has 0 aliphatic heterocycles. The van der Waals surface area contributed by atoms with Crippen molar-refractivity contribution in [3.05, 3.63) is 35.1 Å². The van der Waals surface area contributed by atoms with E-state index in [9.17, 15) is 0 Å². The van der Waals surface area contributed by atoms with Crippen LogP contribution in [0.2, 0.25) is 0 Å². The quantitative estimate of drug-likeness (QED) is 0.884. The highest BCUT2D eigenvalue weighted by atomic mass is 79.9. The van der Waals surface area contributed by atoms with E-state index in [1.807, 2.05) is 6.20 Å². The molecule has 0 bridgehead atoms. The van der Waals surface area contributed by atoms with Crippen LogP contribution in [0, 0.1) is 0 Å². The van der Waals surface area contributed by atoms with Gasteiger partial charge in [0, 0.05) is 37.3 Å². The van der Waals surface area contributed by atoms with E-state index in [2.05, 4.69) is 41.2 Å². The van der Waals surface area contributed by atoms with Crippen molar-refractivity contribution < 1.29 is 0 Å². The molecule has 2 N–H and O–H groups in total. The standard InChI is InChI=1S/C9H10BrN5/c10-7-3-13-9(14-4-7)12-2-1-8-5-11-6-15-8/h3-6H,1-2H2,(H,11,15)(H,12,13,14). The molecule has 15 heavy (non-hydrogen) atoms. The first kappa shape index (κ1) is 10.1. The van der Waals surface area contributed by atoms with E-state index in [0.29, 0.717) is 5.95 Å². The molecule has 0 fully saturated rings. The Bertz CT molecular complexity index is 397. The number of rotatable bonds is 4. The molecule has 5 nitrogen and oxygen atoms in total. The second kappa shape index (κ2) is 4.88. The fraction of sp³-hybridized carbons (Fsp3) is 0.222. The van der Waals surface area contributed by atoms with Crippen molar-refractivity contribution in [3.8, 4) is 0 Å². The Balaban J connectivity index is 1.81. The maximum absolute atomic E-state index is 4.10. The summed E-state index contributed by atoms with van der Waals surface area (Å²) >= 11 is 3.28. The maximum Gasteiger partial charge on any atom is 0.222 e. The third-order valence-electron chi connectivity index (χ3n) is 1.85. The molecule has 0 amide bonds. The Kier molecular flexibility index (Phi) is 3.29. The van der Waals surface area contributed by atoms with Gasteiger partial charge in [0.2, 0.25) is 5.95 Å². The predicted octanol–water partition coefficient (Wildman–Crippen LogP) is 1.62. The predicted molar refractivity (Wildman–Crippen MR) is 60.5 cm³/mol. The topological polar surface area (TPSA) is 66.5 Å². The van der Waals surface area contributed by atoms with E-state index in [-0.39, 0.29) is 0 Å². The maximum atomic E-state index is 4.10. The summed E-state index contributed by atoms with van der Waals surface area (Å²) in [6.07, 6.45) is 7.78. The van der Waals surface area contributed by atoms with Crippen LogP contribution in [0.25, 0.3) is 0 Å². The highest BCUT2D eigenvalue weighted by molar-refractivity contribution is 9.10. The molecule has 0 spiro atoms. The van der Waals surface area contributed by atoms with Gasteiger partial charge < -0.3 is 10.3 Å². The number of nitrogens with zero attached hydrogens (tertiary/aromatic N) is 3. The molecule has 2 aromatic heterocycles. The minimum atomic E-state index is 0.637. The number of aromatic amines is 1. The molecule has 0 radical (unpaired) electrons. The number of aromatic nitrogens is 4. The summed E-state index contributed by atoms with van der Waals surface area (Å²) in [6.45, 7) is 0.782. The summed E-state index contributed by atoms with van der Waals surface area (Å²) in [6, 6.07) is 0.